The largest absolute Gasteiger partial charge is 0.355 e. The van der Waals surface area contributed by atoms with Gasteiger partial charge >= 0.3 is 5.69 Å². The molecule has 0 saturated carbocycles. The molecule has 6 heteroatoms. The zero-order chi connectivity index (χ0) is 13.1. The fourth-order valence-corrected chi connectivity index (χ4v) is 1.55. The van der Waals surface area contributed by atoms with Crippen molar-refractivity contribution in [3.63, 3.8) is 0 Å². The summed E-state index contributed by atoms with van der Waals surface area (Å²) < 4.78 is 1.21. The molecule has 1 amide bonds. The Balaban J connectivity index is 2.67. The number of nitrogens with zero attached hydrogens (tertiary/aromatic N) is 1. The molecule has 2 rings (SSSR count). The predicted molar refractivity (Wildman–Crippen MR) is 66.0 cm³/mol. The first-order valence-corrected chi connectivity index (χ1v) is 5.27. The first-order chi connectivity index (χ1) is 8.63. The first-order valence-electron chi connectivity index (χ1n) is 5.27. The van der Waals surface area contributed by atoms with Crippen LogP contribution in [0.3, 0.4) is 0 Å². The number of benzene rings is 1. The maximum Gasteiger partial charge on any atom is 0.332 e. The van der Waals surface area contributed by atoms with Gasteiger partial charge in [0.1, 0.15) is 5.56 Å². The first kappa shape index (κ1) is 11.8. The fourth-order valence-electron chi connectivity index (χ4n) is 1.55. The lowest BCUT2D eigenvalue weighted by molar-refractivity contribution is 0.0961. The molecular formula is C12H11N3O3. The molecule has 1 aromatic heterocycles. The second-order valence-corrected chi connectivity index (χ2v) is 3.59. The van der Waals surface area contributed by atoms with Crippen molar-refractivity contribution in [3.05, 3.63) is 62.9 Å². The zero-order valence-electron chi connectivity index (χ0n) is 9.64. The average Bonchev–Trinajstić information content (AvgIpc) is 2.39. The van der Waals surface area contributed by atoms with Gasteiger partial charge in [0, 0.05) is 13.2 Å². The Morgan fingerprint density at radius 3 is 2.50 bits per heavy atom. The number of carbonyl (C=O) groups is 1. The van der Waals surface area contributed by atoms with Gasteiger partial charge in [-0.3, -0.25) is 19.1 Å². The number of nitrogens with one attached hydrogen (secondary N) is 2. The van der Waals surface area contributed by atoms with Crippen LogP contribution in [0.4, 0.5) is 0 Å². The number of hydrogen-bond donors (Lipinski definition) is 2. The summed E-state index contributed by atoms with van der Waals surface area (Å²) in [6, 6.07) is 8.72. The molecule has 92 valence electrons. The SMILES string of the molecule is CNC(=O)c1cn(-c2ccccc2)c(=O)[nH]c1=O. The Bertz CT molecular complexity index is 686. The van der Waals surface area contributed by atoms with E-state index >= 15 is 0 Å². The molecule has 1 heterocycles. The van der Waals surface area contributed by atoms with Gasteiger partial charge in [0.25, 0.3) is 11.5 Å². The van der Waals surface area contributed by atoms with Crippen LogP contribution in [-0.4, -0.2) is 22.5 Å². The normalized spacial score (nSPS) is 10.1. The molecule has 1 aromatic carbocycles. The highest BCUT2D eigenvalue weighted by atomic mass is 16.2. The van der Waals surface area contributed by atoms with Crippen molar-refractivity contribution in [2.24, 2.45) is 0 Å². The van der Waals surface area contributed by atoms with Gasteiger partial charge in [0.15, 0.2) is 0 Å². The smallest absolute Gasteiger partial charge is 0.332 e. The van der Waals surface area contributed by atoms with E-state index < -0.39 is 17.2 Å². The van der Waals surface area contributed by atoms with Crippen LogP contribution in [0.15, 0.2) is 46.1 Å². The van der Waals surface area contributed by atoms with Gasteiger partial charge in [0.2, 0.25) is 0 Å². The van der Waals surface area contributed by atoms with E-state index in [9.17, 15) is 14.4 Å². The van der Waals surface area contributed by atoms with Gasteiger partial charge in [-0.1, -0.05) is 18.2 Å². The van der Waals surface area contributed by atoms with E-state index in [2.05, 4.69) is 10.3 Å². The molecule has 0 radical (unpaired) electrons. The maximum atomic E-state index is 11.7. The molecular weight excluding hydrogens is 234 g/mol. The Kier molecular flexibility index (Phi) is 3.09. The summed E-state index contributed by atoms with van der Waals surface area (Å²) in [6.45, 7) is 0. The van der Waals surface area contributed by atoms with Crippen molar-refractivity contribution >= 4 is 5.91 Å². The Labute approximate surface area is 102 Å². The van der Waals surface area contributed by atoms with Gasteiger partial charge in [-0.15, -0.1) is 0 Å². The van der Waals surface area contributed by atoms with E-state index in [1.165, 1.54) is 17.8 Å². The molecule has 0 spiro atoms. The average molecular weight is 245 g/mol. The van der Waals surface area contributed by atoms with Crippen LogP contribution in [0.1, 0.15) is 10.4 Å². The van der Waals surface area contributed by atoms with Crippen molar-refractivity contribution < 1.29 is 4.79 Å². The third-order valence-electron chi connectivity index (χ3n) is 2.45. The minimum Gasteiger partial charge on any atom is -0.355 e. The van der Waals surface area contributed by atoms with Gasteiger partial charge < -0.3 is 5.32 Å². The van der Waals surface area contributed by atoms with E-state index in [4.69, 9.17) is 0 Å². The van der Waals surface area contributed by atoms with Crippen LogP contribution in [0, 0.1) is 0 Å². The number of para-hydroxylation sites is 1. The number of aromatic nitrogens is 2. The second-order valence-electron chi connectivity index (χ2n) is 3.59. The number of H-pyrrole nitrogens is 1. The summed E-state index contributed by atoms with van der Waals surface area (Å²) in [5.74, 6) is -0.541. The second kappa shape index (κ2) is 4.70. The van der Waals surface area contributed by atoms with Crippen molar-refractivity contribution in [1.82, 2.24) is 14.9 Å². The third-order valence-corrected chi connectivity index (χ3v) is 2.45. The molecule has 0 unspecified atom stereocenters. The highest BCUT2D eigenvalue weighted by molar-refractivity contribution is 5.93. The van der Waals surface area contributed by atoms with E-state index in [1.54, 1.807) is 30.3 Å². The van der Waals surface area contributed by atoms with Gasteiger partial charge in [-0.05, 0) is 12.1 Å². The number of amides is 1. The van der Waals surface area contributed by atoms with Crippen molar-refractivity contribution in [3.8, 4) is 5.69 Å². The lowest BCUT2D eigenvalue weighted by Crippen LogP contribution is -2.35. The van der Waals surface area contributed by atoms with Crippen LogP contribution in [-0.2, 0) is 0 Å². The highest BCUT2D eigenvalue weighted by Crippen LogP contribution is 2.03. The predicted octanol–water partition coefficient (Wildman–Crippen LogP) is -0.115. The maximum absolute atomic E-state index is 11.7. The fraction of sp³-hybridized carbons (Fsp3) is 0.0833. The summed E-state index contributed by atoms with van der Waals surface area (Å²) in [5, 5.41) is 2.35. The summed E-state index contributed by atoms with van der Waals surface area (Å²) in [6.07, 6.45) is 1.23. The monoisotopic (exact) mass is 245 g/mol. The van der Waals surface area contributed by atoms with Gasteiger partial charge in [-0.2, -0.15) is 0 Å². The van der Waals surface area contributed by atoms with Crippen LogP contribution in [0.25, 0.3) is 5.69 Å². The highest BCUT2D eigenvalue weighted by Gasteiger charge is 2.11. The molecule has 2 aromatic rings. The molecule has 0 aliphatic heterocycles. The Morgan fingerprint density at radius 2 is 1.89 bits per heavy atom. The van der Waals surface area contributed by atoms with Crippen LogP contribution < -0.4 is 16.6 Å². The standard InChI is InChI=1S/C12H11N3O3/c1-13-10(16)9-7-15(12(18)14-11(9)17)8-5-3-2-4-6-8/h2-7H,1H3,(H,13,16)(H,14,17,18). The number of hydrogen-bond acceptors (Lipinski definition) is 3. The van der Waals surface area contributed by atoms with Crippen molar-refractivity contribution in [1.29, 1.82) is 0 Å². The molecule has 0 fully saturated rings. The van der Waals surface area contributed by atoms with Crippen molar-refractivity contribution in [2.75, 3.05) is 7.05 Å². The Morgan fingerprint density at radius 1 is 1.22 bits per heavy atom. The van der Waals surface area contributed by atoms with Crippen molar-refractivity contribution in [2.45, 2.75) is 0 Å². The van der Waals surface area contributed by atoms with Crippen LogP contribution in [0.5, 0.6) is 0 Å². The molecule has 18 heavy (non-hydrogen) atoms. The van der Waals surface area contributed by atoms with Crippen LogP contribution in [0.2, 0.25) is 0 Å². The summed E-state index contributed by atoms with van der Waals surface area (Å²) in [7, 11) is 1.42. The zero-order valence-corrected chi connectivity index (χ0v) is 9.64. The molecule has 0 aliphatic carbocycles. The summed E-state index contributed by atoms with van der Waals surface area (Å²) in [4.78, 5) is 36.8. The molecule has 0 aliphatic rings. The minimum atomic E-state index is -0.702. The number of rotatable bonds is 2. The third kappa shape index (κ3) is 2.08. The summed E-state index contributed by atoms with van der Waals surface area (Å²) >= 11 is 0. The number of carbonyl (C=O) groups excluding carboxylic acids is 1. The Hall–Kier alpha value is -2.63. The quantitative estimate of drug-likeness (QED) is 0.774. The van der Waals surface area contributed by atoms with Gasteiger partial charge in [-0.25, -0.2) is 4.79 Å². The summed E-state index contributed by atoms with van der Waals surface area (Å²) in [5.41, 5.74) is -0.824. The van der Waals surface area contributed by atoms with E-state index in [0.717, 1.165) is 0 Å². The molecule has 0 atom stereocenters. The molecule has 6 nitrogen and oxygen atoms in total. The van der Waals surface area contributed by atoms with E-state index in [1.807, 2.05) is 0 Å². The molecule has 2 N–H and O–H groups in total. The van der Waals surface area contributed by atoms with Gasteiger partial charge in [0.05, 0.1) is 5.69 Å². The van der Waals surface area contributed by atoms with E-state index in [0.29, 0.717) is 5.69 Å². The molecule has 0 bridgehead atoms. The number of aromatic amines is 1. The lowest BCUT2D eigenvalue weighted by atomic mass is 10.3. The van der Waals surface area contributed by atoms with E-state index in [-0.39, 0.29) is 5.56 Å². The lowest BCUT2D eigenvalue weighted by Gasteiger charge is -2.06. The van der Waals surface area contributed by atoms with Crippen LogP contribution >= 0.6 is 0 Å². The molecule has 0 saturated heterocycles. The minimum absolute atomic E-state index is 0.110. The topological polar surface area (TPSA) is 84.0 Å².